The second-order valence-corrected chi connectivity index (χ2v) is 3.15. The Morgan fingerprint density at radius 2 is 1.79 bits per heavy atom. The van der Waals surface area contributed by atoms with Crippen LogP contribution in [-0.2, 0) is 0 Å². The summed E-state index contributed by atoms with van der Waals surface area (Å²) >= 11 is 0. The van der Waals surface area contributed by atoms with Crippen LogP contribution in [0, 0.1) is 0 Å². The van der Waals surface area contributed by atoms with Gasteiger partial charge in [0.2, 0.25) is 0 Å². The van der Waals surface area contributed by atoms with Gasteiger partial charge in [0, 0.05) is 5.39 Å². The van der Waals surface area contributed by atoms with E-state index in [2.05, 4.69) is 27.5 Å². The van der Waals surface area contributed by atoms with Gasteiger partial charge >= 0.3 is 0 Å². The maximum Gasteiger partial charge on any atom is 0.0969 e. The maximum absolute atomic E-state index is 3.97. The molecular formula is C11H7N3. The summed E-state index contributed by atoms with van der Waals surface area (Å²) in [6, 6.07) is 12.2. The van der Waals surface area contributed by atoms with Crippen LogP contribution in [0.1, 0.15) is 0 Å². The summed E-state index contributed by atoms with van der Waals surface area (Å²) in [6.45, 7) is 0. The van der Waals surface area contributed by atoms with E-state index in [1.165, 1.54) is 10.8 Å². The average Bonchev–Trinajstić information content (AvgIpc) is 2.29. The average molecular weight is 181 g/mol. The molecule has 0 N–H and O–H groups in total. The first kappa shape index (κ1) is 7.38. The fourth-order valence-corrected chi connectivity index (χ4v) is 1.66. The van der Waals surface area contributed by atoms with Gasteiger partial charge in [0.05, 0.1) is 11.7 Å². The molecule has 0 radical (unpaired) electrons. The molecule has 0 spiro atoms. The summed E-state index contributed by atoms with van der Waals surface area (Å²) in [5.41, 5.74) is 0.888. The van der Waals surface area contributed by atoms with E-state index in [1.54, 1.807) is 6.20 Å². The minimum absolute atomic E-state index is 0.888. The summed E-state index contributed by atoms with van der Waals surface area (Å²) < 4.78 is 0. The molecule has 14 heavy (non-hydrogen) atoms. The molecule has 0 unspecified atom stereocenters. The second kappa shape index (κ2) is 2.73. The summed E-state index contributed by atoms with van der Waals surface area (Å²) in [6.07, 6.45) is 1.75. The van der Waals surface area contributed by atoms with Crippen molar-refractivity contribution in [1.29, 1.82) is 0 Å². The van der Waals surface area contributed by atoms with Crippen LogP contribution in [0.2, 0.25) is 0 Å². The third kappa shape index (κ3) is 0.956. The van der Waals surface area contributed by atoms with Crippen molar-refractivity contribution in [3.8, 4) is 0 Å². The molecule has 0 saturated carbocycles. The van der Waals surface area contributed by atoms with Crippen molar-refractivity contribution in [1.82, 2.24) is 15.4 Å². The van der Waals surface area contributed by atoms with E-state index < -0.39 is 0 Å². The quantitative estimate of drug-likeness (QED) is 0.499. The van der Waals surface area contributed by atoms with Crippen LogP contribution in [0.25, 0.3) is 21.7 Å². The predicted octanol–water partition coefficient (Wildman–Crippen LogP) is 2.18. The van der Waals surface area contributed by atoms with Gasteiger partial charge in [0.15, 0.2) is 0 Å². The Balaban J connectivity index is 2.61. The van der Waals surface area contributed by atoms with Crippen molar-refractivity contribution in [2.75, 3.05) is 0 Å². The highest BCUT2D eigenvalue weighted by atomic mass is 15.3. The van der Waals surface area contributed by atoms with Crippen molar-refractivity contribution in [3.05, 3.63) is 42.6 Å². The Kier molecular flexibility index (Phi) is 1.44. The molecule has 3 nitrogen and oxygen atoms in total. The lowest BCUT2D eigenvalue weighted by Gasteiger charge is -2.00. The van der Waals surface area contributed by atoms with Crippen LogP contribution >= 0.6 is 0 Å². The molecule has 0 aliphatic carbocycles. The SMILES string of the molecule is c1ccc2c(c1)ccc1nnncc12. The molecule has 3 heteroatoms. The first-order valence-electron chi connectivity index (χ1n) is 4.41. The van der Waals surface area contributed by atoms with Crippen LogP contribution in [-0.4, -0.2) is 15.4 Å². The minimum atomic E-state index is 0.888. The molecule has 66 valence electrons. The molecule has 3 aromatic rings. The standard InChI is InChI=1S/C11H7N3/c1-2-4-9-8(3-1)5-6-11-10(9)7-12-14-13-11/h1-7H. The third-order valence-corrected chi connectivity index (χ3v) is 2.34. The van der Waals surface area contributed by atoms with Crippen molar-refractivity contribution in [2.45, 2.75) is 0 Å². The Labute approximate surface area is 80.4 Å². The number of fused-ring (bicyclic) bond motifs is 3. The zero-order chi connectivity index (χ0) is 9.38. The zero-order valence-electron chi connectivity index (χ0n) is 7.38. The molecular weight excluding hydrogens is 174 g/mol. The number of hydrogen-bond donors (Lipinski definition) is 0. The van der Waals surface area contributed by atoms with Crippen LogP contribution < -0.4 is 0 Å². The van der Waals surface area contributed by atoms with Crippen LogP contribution in [0.3, 0.4) is 0 Å². The zero-order valence-corrected chi connectivity index (χ0v) is 7.38. The molecule has 2 aromatic carbocycles. The van der Waals surface area contributed by atoms with E-state index in [9.17, 15) is 0 Å². The van der Waals surface area contributed by atoms with E-state index in [1.807, 2.05) is 24.3 Å². The largest absolute Gasteiger partial charge is 0.138 e. The smallest absolute Gasteiger partial charge is 0.0969 e. The van der Waals surface area contributed by atoms with Gasteiger partial charge in [-0.25, -0.2) is 0 Å². The Hall–Kier alpha value is -2.03. The molecule has 3 rings (SSSR count). The van der Waals surface area contributed by atoms with E-state index in [0.717, 1.165) is 10.9 Å². The second-order valence-electron chi connectivity index (χ2n) is 3.15. The highest BCUT2D eigenvalue weighted by Gasteiger charge is 1.99. The maximum atomic E-state index is 3.97. The van der Waals surface area contributed by atoms with Crippen molar-refractivity contribution in [2.24, 2.45) is 0 Å². The topological polar surface area (TPSA) is 38.7 Å². The molecule has 0 atom stereocenters. The van der Waals surface area contributed by atoms with Crippen LogP contribution in [0.5, 0.6) is 0 Å². The molecule has 0 aliphatic rings. The van der Waals surface area contributed by atoms with Crippen LogP contribution in [0.15, 0.2) is 42.6 Å². The Bertz CT molecular complexity index is 550. The van der Waals surface area contributed by atoms with Gasteiger partial charge in [0.25, 0.3) is 0 Å². The van der Waals surface area contributed by atoms with E-state index >= 15 is 0 Å². The molecule has 0 saturated heterocycles. The lowest BCUT2D eigenvalue weighted by atomic mass is 10.1. The predicted molar refractivity (Wildman–Crippen MR) is 54.8 cm³/mol. The summed E-state index contributed by atoms with van der Waals surface area (Å²) in [5, 5.41) is 14.8. The van der Waals surface area contributed by atoms with Gasteiger partial charge < -0.3 is 0 Å². The molecule has 0 fully saturated rings. The fraction of sp³-hybridized carbons (Fsp3) is 0. The lowest BCUT2D eigenvalue weighted by molar-refractivity contribution is 0.896. The molecule has 1 aromatic heterocycles. The van der Waals surface area contributed by atoms with Gasteiger partial charge in [-0.15, -0.1) is 10.2 Å². The van der Waals surface area contributed by atoms with Crippen molar-refractivity contribution < 1.29 is 0 Å². The molecule has 0 amide bonds. The number of aromatic nitrogens is 3. The highest BCUT2D eigenvalue weighted by molar-refractivity contribution is 6.05. The van der Waals surface area contributed by atoms with E-state index in [-0.39, 0.29) is 0 Å². The van der Waals surface area contributed by atoms with Gasteiger partial charge in [-0.1, -0.05) is 30.3 Å². The fourth-order valence-electron chi connectivity index (χ4n) is 1.66. The summed E-state index contributed by atoms with van der Waals surface area (Å²) in [4.78, 5) is 0. The number of hydrogen-bond acceptors (Lipinski definition) is 3. The normalized spacial score (nSPS) is 10.9. The monoisotopic (exact) mass is 181 g/mol. The summed E-state index contributed by atoms with van der Waals surface area (Å²) in [5.74, 6) is 0. The van der Waals surface area contributed by atoms with E-state index in [0.29, 0.717) is 0 Å². The number of nitrogens with zero attached hydrogens (tertiary/aromatic N) is 3. The summed E-state index contributed by atoms with van der Waals surface area (Å²) in [7, 11) is 0. The molecule has 0 bridgehead atoms. The van der Waals surface area contributed by atoms with Crippen molar-refractivity contribution in [3.63, 3.8) is 0 Å². The Morgan fingerprint density at radius 1 is 0.857 bits per heavy atom. The van der Waals surface area contributed by atoms with Gasteiger partial charge in [-0.2, -0.15) is 0 Å². The third-order valence-electron chi connectivity index (χ3n) is 2.34. The lowest BCUT2D eigenvalue weighted by Crippen LogP contribution is -1.87. The molecule has 0 aliphatic heterocycles. The minimum Gasteiger partial charge on any atom is -0.138 e. The first-order chi connectivity index (χ1) is 6.95. The molecule has 1 heterocycles. The van der Waals surface area contributed by atoms with Gasteiger partial charge in [0.1, 0.15) is 0 Å². The van der Waals surface area contributed by atoms with Crippen LogP contribution in [0.4, 0.5) is 0 Å². The van der Waals surface area contributed by atoms with E-state index in [4.69, 9.17) is 0 Å². The van der Waals surface area contributed by atoms with Crippen molar-refractivity contribution >= 4 is 21.7 Å². The Morgan fingerprint density at radius 3 is 2.79 bits per heavy atom. The highest BCUT2D eigenvalue weighted by Crippen LogP contribution is 2.21. The number of benzene rings is 2. The first-order valence-corrected chi connectivity index (χ1v) is 4.41. The number of rotatable bonds is 0. The van der Waals surface area contributed by atoms with Gasteiger partial charge in [-0.05, 0) is 22.1 Å². The van der Waals surface area contributed by atoms with Gasteiger partial charge in [-0.3, -0.25) is 0 Å².